The highest BCUT2D eigenvalue weighted by Crippen LogP contribution is 2.34. The lowest BCUT2D eigenvalue weighted by molar-refractivity contribution is -0.139. The van der Waals surface area contributed by atoms with Gasteiger partial charge in [-0.05, 0) is 63.1 Å². The Bertz CT molecular complexity index is 1460. The quantitative estimate of drug-likeness (QED) is 0.287. The summed E-state index contributed by atoms with van der Waals surface area (Å²) in [6.45, 7) is 6.74. The zero-order valence-corrected chi connectivity index (χ0v) is 25.0. The molecule has 0 saturated heterocycles. The number of halogens is 1. The molecule has 0 aliphatic heterocycles. The Morgan fingerprint density at radius 1 is 1.00 bits per heavy atom. The highest BCUT2D eigenvalue weighted by molar-refractivity contribution is 7.92. The van der Waals surface area contributed by atoms with Crippen molar-refractivity contribution >= 4 is 27.5 Å². The van der Waals surface area contributed by atoms with Gasteiger partial charge < -0.3 is 15.0 Å². The van der Waals surface area contributed by atoms with Crippen LogP contribution >= 0.6 is 0 Å². The number of hydrogen-bond donors (Lipinski definition) is 1. The molecule has 0 aliphatic rings. The van der Waals surface area contributed by atoms with Gasteiger partial charge in [-0.2, -0.15) is 0 Å². The molecule has 1 atom stereocenters. The average molecular weight is 584 g/mol. The number of anilines is 1. The summed E-state index contributed by atoms with van der Waals surface area (Å²) >= 11 is 0. The van der Waals surface area contributed by atoms with Crippen LogP contribution in [0.5, 0.6) is 5.75 Å². The van der Waals surface area contributed by atoms with Gasteiger partial charge in [0.2, 0.25) is 11.8 Å². The Morgan fingerprint density at radius 2 is 1.66 bits per heavy atom. The fourth-order valence-electron chi connectivity index (χ4n) is 4.27. The van der Waals surface area contributed by atoms with Gasteiger partial charge in [0, 0.05) is 18.7 Å². The first kappa shape index (κ1) is 31.6. The molecule has 0 bridgehead atoms. The van der Waals surface area contributed by atoms with Gasteiger partial charge in [-0.15, -0.1) is 0 Å². The number of nitrogens with one attached hydrogen (secondary N) is 1. The Kier molecular flexibility index (Phi) is 10.9. The molecule has 8 nitrogen and oxygen atoms in total. The average Bonchev–Trinajstić information content (AvgIpc) is 2.95. The molecule has 3 aromatic carbocycles. The van der Waals surface area contributed by atoms with E-state index in [0.717, 1.165) is 28.3 Å². The molecule has 0 fully saturated rings. The van der Waals surface area contributed by atoms with Crippen molar-refractivity contribution in [1.82, 2.24) is 10.2 Å². The van der Waals surface area contributed by atoms with E-state index in [1.807, 2.05) is 13.8 Å². The fourth-order valence-corrected chi connectivity index (χ4v) is 5.69. The monoisotopic (exact) mass is 583 g/mol. The normalized spacial score (nSPS) is 12.0. The summed E-state index contributed by atoms with van der Waals surface area (Å²) in [5, 5.41) is 2.81. The number of nitrogens with zero attached hydrogens (tertiary/aromatic N) is 2. The summed E-state index contributed by atoms with van der Waals surface area (Å²) in [6, 6.07) is 16.3. The molecule has 0 saturated carbocycles. The standard InChI is InChI=1S/C31H38FN3O5S/c1-6-7-18-33-31(37)24(4)34(20-25-10-8-9-11-27(25)32)30(36)21-35(28-19-23(3)14-17-29(28)40-5)41(38,39)26-15-12-22(2)13-16-26/h8-17,19,24H,6-7,18,20-21H2,1-5H3,(H,33,37)/t24-/m0/s1. The van der Waals surface area contributed by atoms with Gasteiger partial charge in [-0.25, -0.2) is 12.8 Å². The third-order valence-electron chi connectivity index (χ3n) is 6.79. The summed E-state index contributed by atoms with van der Waals surface area (Å²) in [5.41, 5.74) is 2.00. The van der Waals surface area contributed by atoms with E-state index in [1.165, 1.54) is 42.3 Å². The summed E-state index contributed by atoms with van der Waals surface area (Å²) in [7, 11) is -2.85. The van der Waals surface area contributed by atoms with E-state index in [-0.39, 0.29) is 28.4 Å². The molecule has 0 unspecified atom stereocenters. The third kappa shape index (κ3) is 7.85. The largest absolute Gasteiger partial charge is 0.495 e. The number of sulfonamides is 1. The van der Waals surface area contributed by atoms with Crippen molar-refractivity contribution in [2.24, 2.45) is 0 Å². The summed E-state index contributed by atoms with van der Waals surface area (Å²) in [5.74, 6) is -1.37. The minimum atomic E-state index is -4.26. The predicted octanol–water partition coefficient (Wildman–Crippen LogP) is 4.98. The Hall–Kier alpha value is -3.92. The minimum Gasteiger partial charge on any atom is -0.495 e. The van der Waals surface area contributed by atoms with E-state index in [0.29, 0.717) is 6.54 Å². The predicted molar refractivity (Wildman–Crippen MR) is 158 cm³/mol. The summed E-state index contributed by atoms with van der Waals surface area (Å²) in [4.78, 5) is 28.3. The third-order valence-corrected chi connectivity index (χ3v) is 8.56. The molecular weight excluding hydrogens is 545 g/mol. The lowest BCUT2D eigenvalue weighted by Crippen LogP contribution is -2.51. The van der Waals surface area contributed by atoms with E-state index in [1.54, 1.807) is 50.2 Å². The van der Waals surface area contributed by atoms with Crippen LogP contribution in [-0.4, -0.2) is 51.4 Å². The topological polar surface area (TPSA) is 96.0 Å². The molecule has 0 aromatic heterocycles. The molecule has 220 valence electrons. The fraction of sp³-hybridized carbons (Fsp3) is 0.355. The van der Waals surface area contributed by atoms with Gasteiger partial charge in [0.05, 0.1) is 17.7 Å². The van der Waals surface area contributed by atoms with Crippen LogP contribution in [0.2, 0.25) is 0 Å². The maximum atomic E-state index is 14.7. The van der Waals surface area contributed by atoms with Crippen LogP contribution in [0.25, 0.3) is 0 Å². The van der Waals surface area contributed by atoms with E-state index in [2.05, 4.69) is 5.32 Å². The molecule has 3 aromatic rings. The van der Waals surface area contributed by atoms with E-state index >= 15 is 0 Å². The lowest BCUT2D eigenvalue weighted by atomic mass is 10.1. The Labute approximate surface area is 242 Å². The number of amides is 2. The molecule has 10 heteroatoms. The molecule has 2 amide bonds. The molecular formula is C31H38FN3O5S. The first-order valence-corrected chi connectivity index (χ1v) is 15.0. The summed E-state index contributed by atoms with van der Waals surface area (Å²) in [6.07, 6.45) is 1.63. The highest BCUT2D eigenvalue weighted by atomic mass is 32.2. The van der Waals surface area contributed by atoms with E-state index < -0.39 is 40.2 Å². The van der Waals surface area contributed by atoms with Gasteiger partial charge in [-0.3, -0.25) is 13.9 Å². The number of aryl methyl sites for hydroxylation is 2. The van der Waals surface area contributed by atoms with Crippen LogP contribution in [0.15, 0.2) is 71.6 Å². The number of ether oxygens (including phenoxy) is 1. The zero-order chi connectivity index (χ0) is 30.2. The van der Waals surface area contributed by atoms with Crippen LogP contribution in [0.4, 0.5) is 10.1 Å². The molecule has 41 heavy (non-hydrogen) atoms. The first-order valence-electron chi connectivity index (χ1n) is 13.5. The van der Waals surface area contributed by atoms with Gasteiger partial charge in [-0.1, -0.05) is 55.3 Å². The second-order valence-electron chi connectivity index (χ2n) is 9.93. The van der Waals surface area contributed by atoms with Crippen LogP contribution in [0.1, 0.15) is 43.4 Å². The van der Waals surface area contributed by atoms with Crippen LogP contribution in [-0.2, 0) is 26.2 Å². The Balaban J connectivity index is 2.08. The number of rotatable bonds is 13. The van der Waals surface area contributed by atoms with Crippen molar-refractivity contribution in [1.29, 1.82) is 0 Å². The Morgan fingerprint density at radius 3 is 2.29 bits per heavy atom. The molecule has 3 rings (SSSR count). The van der Waals surface area contributed by atoms with Crippen molar-refractivity contribution in [2.75, 3.05) is 24.5 Å². The lowest BCUT2D eigenvalue weighted by Gasteiger charge is -2.32. The van der Waals surface area contributed by atoms with Gasteiger partial charge in [0.25, 0.3) is 10.0 Å². The summed E-state index contributed by atoms with van der Waals surface area (Å²) < 4.78 is 49.2. The number of methoxy groups -OCH3 is 1. The molecule has 0 radical (unpaired) electrons. The number of benzene rings is 3. The van der Waals surface area contributed by atoms with Gasteiger partial charge in [0.15, 0.2) is 0 Å². The number of carbonyl (C=O) groups is 2. The molecule has 0 heterocycles. The number of hydrogen-bond acceptors (Lipinski definition) is 5. The van der Waals surface area contributed by atoms with Crippen molar-refractivity contribution in [3.8, 4) is 5.75 Å². The zero-order valence-electron chi connectivity index (χ0n) is 24.2. The van der Waals surface area contributed by atoms with E-state index in [9.17, 15) is 22.4 Å². The van der Waals surface area contributed by atoms with Crippen LogP contribution in [0, 0.1) is 19.7 Å². The number of unbranched alkanes of at least 4 members (excludes halogenated alkanes) is 1. The van der Waals surface area contributed by atoms with Crippen LogP contribution in [0.3, 0.4) is 0 Å². The SMILES string of the molecule is CCCCNC(=O)[C@H](C)N(Cc1ccccc1F)C(=O)CN(c1cc(C)ccc1OC)S(=O)(=O)c1ccc(C)cc1. The van der Waals surface area contributed by atoms with Crippen molar-refractivity contribution in [3.63, 3.8) is 0 Å². The smallest absolute Gasteiger partial charge is 0.264 e. The second kappa shape index (κ2) is 14.1. The van der Waals surface area contributed by atoms with Crippen LogP contribution < -0.4 is 14.4 Å². The number of carbonyl (C=O) groups excluding carboxylic acids is 2. The molecule has 1 N–H and O–H groups in total. The van der Waals surface area contributed by atoms with Crippen molar-refractivity contribution in [2.45, 2.75) is 58.0 Å². The van der Waals surface area contributed by atoms with Crippen molar-refractivity contribution in [3.05, 3.63) is 89.2 Å². The van der Waals surface area contributed by atoms with E-state index in [4.69, 9.17) is 4.74 Å². The maximum Gasteiger partial charge on any atom is 0.264 e. The maximum absolute atomic E-state index is 14.7. The first-order chi connectivity index (χ1) is 19.5. The molecule has 0 aliphatic carbocycles. The van der Waals surface area contributed by atoms with Gasteiger partial charge in [0.1, 0.15) is 24.2 Å². The minimum absolute atomic E-state index is 0.00882. The van der Waals surface area contributed by atoms with Crippen molar-refractivity contribution < 1.29 is 27.1 Å². The molecule has 0 spiro atoms. The van der Waals surface area contributed by atoms with Gasteiger partial charge >= 0.3 is 0 Å². The highest BCUT2D eigenvalue weighted by Gasteiger charge is 2.34. The second-order valence-corrected chi connectivity index (χ2v) is 11.8.